The molecule has 1 atom stereocenters. The van der Waals surface area contributed by atoms with E-state index in [0.29, 0.717) is 6.54 Å². The van der Waals surface area contributed by atoms with Crippen LogP contribution in [0.1, 0.15) is 11.1 Å². The number of nitrogens with zero attached hydrogens (tertiary/aromatic N) is 1. The maximum atomic E-state index is 12.5. The van der Waals surface area contributed by atoms with Crippen LogP contribution >= 0.6 is 0 Å². The fraction of sp³-hybridized carbons (Fsp3) is 0.250. The Bertz CT molecular complexity index is 998. The predicted molar refractivity (Wildman–Crippen MR) is 117 cm³/mol. The average molecular weight is 391 g/mol. The molecule has 2 N–H and O–H groups in total. The number of anilines is 1. The van der Waals surface area contributed by atoms with Crippen LogP contribution in [0.3, 0.4) is 0 Å². The standard InChI is InChI=1S/C24H27N3O2/c1-18-8-12-22(13-9-18)25-23(28)16-27(3)24(29)17-26(2)15-19-10-11-20-6-4-5-7-21(20)14-19/h4-14H,15-17H2,1-3H3,(H,25,28)/p+1. The molecule has 0 aliphatic carbocycles. The van der Waals surface area contributed by atoms with Crippen molar-refractivity contribution < 1.29 is 14.5 Å². The van der Waals surface area contributed by atoms with Gasteiger partial charge in [-0.05, 0) is 35.9 Å². The summed E-state index contributed by atoms with van der Waals surface area (Å²) < 4.78 is 0. The molecule has 0 bridgehead atoms. The molecule has 3 aromatic carbocycles. The molecule has 150 valence electrons. The number of fused-ring (bicyclic) bond motifs is 1. The third kappa shape index (κ3) is 5.90. The highest BCUT2D eigenvalue weighted by Crippen LogP contribution is 2.15. The van der Waals surface area contributed by atoms with Gasteiger partial charge < -0.3 is 15.1 Å². The van der Waals surface area contributed by atoms with Gasteiger partial charge in [0.2, 0.25) is 5.91 Å². The monoisotopic (exact) mass is 390 g/mol. The van der Waals surface area contributed by atoms with Crippen LogP contribution in [0.25, 0.3) is 10.8 Å². The minimum atomic E-state index is -0.197. The van der Waals surface area contributed by atoms with Gasteiger partial charge in [0.15, 0.2) is 6.54 Å². The topological polar surface area (TPSA) is 53.9 Å². The number of likely N-dealkylation sites (N-methyl/N-ethyl adjacent to an activating group) is 2. The molecule has 0 saturated carbocycles. The maximum absolute atomic E-state index is 12.5. The van der Waals surface area contributed by atoms with Gasteiger partial charge in [-0.3, -0.25) is 9.59 Å². The second-order valence-electron chi connectivity index (χ2n) is 7.66. The Balaban J connectivity index is 1.49. The zero-order valence-corrected chi connectivity index (χ0v) is 17.2. The first kappa shape index (κ1) is 20.6. The summed E-state index contributed by atoms with van der Waals surface area (Å²) in [4.78, 5) is 27.3. The number of hydrogen-bond donors (Lipinski definition) is 2. The molecule has 3 rings (SSSR count). The molecule has 0 saturated heterocycles. The number of amides is 2. The smallest absolute Gasteiger partial charge is 0.277 e. The SMILES string of the molecule is Cc1ccc(NC(=O)CN(C)C(=O)C[NH+](C)Cc2ccc3ccccc3c2)cc1. The van der Waals surface area contributed by atoms with E-state index < -0.39 is 0 Å². The molecular formula is C24H28N3O2+. The summed E-state index contributed by atoms with van der Waals surface area (Å²) in [6.07, 6.45) is 0. The molecule has 0 fully saturated rings. The van der Waals surface area contributed by atoms with E-state index in [9.17, 15) is 9.59 Å². The van der Waals surface area contributed by atoms with E-state index in [1.165, 1.54) is 21.2 Å². The Morgan fingerprint density at radius 1 is 0.966 bits per heavy atom. The van der Waals surface area contributed by atoms with Crippen molar-refractivity contribution in [2.75, 3.05) is 32.5 Å². The van der Waals surface area contributed by atoms with E-state index in [0.717, 1.165) is 22.7 Å². The highest BCUT2D eigenvalue weighted by Gasteiger charge is 2.17. The summed E-state index contributed by atoms with van der Waals surface area (Å²) in [5.41, 5.74) is 3.06. The fourth-order valence-corrected chi connectivity index (χ4v) is 3.29. The van der Waals surface area contributed by atoms with Crippen LogP contribution in [0.2, 0.25) is 0 Å². The Kier molecular flexibility index (Phi) is 6.62. The van der Waals surface area contributed by atoms with E-state index in [1.54, 1.807) is 7.05 Å². The molecule has 0 aromatic heterocycles. The van der Waals surface area contributed by atoms with Gasteiger partial charge in [-0.25, -0.2) is 0 Å². The van der Waals surface area contributed by atoms with E-state index in [2.05, 4.69) is 35.6 Å². The van der Waals surface area contributed by atoms with Gasteiger partial charge in [-0.1, -0.05) is 54.1 Å². The first-order chi connectivity index (χ1) is 13.9. The van der Waals surface area contributed by atoms with Crippen LogP contribution < -0.4 is 10.2 Å². The van der Waals surface area contributed by atoms with Gasteiger partial charge in [-0.15, -0.1) is 0 Å². The van der Waals surface area contributed by atoms with E-state index in [-0.39, 0.29) is 18.4 Å². The molecule has 0 aliphatic rings. The number of benzene rings is 3. The third-order valence-corrected chi connectivity index (χ3v) is 4.91. The van der Waals surface area contributed by atoms with Crippen molar-refractivity contribution >= 4 is 28.3 Å². The van der Waals surface area contributed by atoms with Crippen molar-refractivity contribution in [3.8, 4) is 0 Å². The van der Waals surface area contributed by atoms with Gasteiger partial charge in [0, 0.05) is 18.3 Å². The zero-order valence-electron chi connectivity index (χ0n) is 17.2. The Morgan fingerprint density at radius 2 is 1.66 bits per heavy atom. The van der Waals surface area contributed by atoms with E-state index >= 15 is 0 Å². The van der Waals surface area contributed by atoms with Gasteiger partial charge in [0.1, 0.15) is 6.54 Å². The van der Waals surface area contributed by atoms with Crippen LogP contribution in [0.4, 0.5) is 5.69 Å². The summed E-state index contributed by atoms with van der Waals surface area (Å²) >= 11 is 0. The van der Waals surface area contributed by atoms with E-state index in [4.69, 9.17) is 0 Å². The predicted octanol–water partition coefficient (Wildman–Crippen LogP) is 2.26. The van der Waals surface area contributed by atoms with Crippen molar-refractivity contribution in [2.24, 2.45) is 0 Å². The van der Waals surface area contributed by atoms with Crippen molar-refractivity contribution in [2.45, 2.75) is 13.5 Å². The minimum absolute atomic E-state index is 0.0377. The molecule has 2 amide bonds. The molecule has 5 nitrogen and oxygen atoms in total. The molecular weight excluding hydrogens is 362 g/mol. The summed E-state index contributed by atoms with van der Waals surface area (Å²) in [7, 11) is 3.66. The van der Waals surface area contributed by atoms with Crippen LogP contribution in [-0.4, -0.2) is 43.9 Å². The molecule has 1 unspecified atom stereocenters. The van der Waals surface area contributed by atoms with E-state index in [1.807, 2.05) is 50.4 Å². The third-order valence-electron chi connectivity index (χ3n) is 4.91. The lowest BCUT2D eigenvalue weighted by atomic mass is 10.1. The Morgan fingerprint density at radius 3 is 2.38 bits per heavy atom. The van der Waals surface area contributed by atoms with Gasteiger partial charge in [0.25, 0.3) is 5.91 Å². The lowest BCUT2D eigenvalue weighted by Gasteiger charge is -2.20. The number of carbonyl (C=O) groups excluding carboxylic acids is 2. The van der Waals surface area contributed by atoms with Crippen LogP contribution in [0, 0.1) is 6.92 Å². The Labute approximate surface area is 171 Å². The first-order valence-electron chi connectivity index (χ1n) is 9.80. The lowest BCUT2D eigenvalue weighted by Crippen LogP contribution is -3.08. The quantitative estimate of drug-likeness (QED) is 0.650. The second-order valence-corrected chi connectivity index (χ2v) is 7.66. The van der Waals surface area contributed by atoms with Crippen LogP contribution in [-0.2, 0) is 16.1 Å². The minimum Gasteiger partial charge on any atom is -0.332 e. The molecule has 29 heavy (non-hydrogen) atoms. The second kappa shape index (κ2) is 9.34. The maximum Gasteiger partial charge on any atom is 0.277 e. The lowest BCUT2D eigenvalue weighted by molar-refractivity contribution is -0.885. The normalized spacial score (nSPS) is 11.8. The summed E-state index contributed by atoms with van der Waals surface area (Å²) in [6.45, 7) is 3.12. The number of aryl methyl sites for hydroxylation is 1. The molecule has 3 aromatic rings. The zero-order chi connectivity index (χ0) is 20.8. The number of hydrogen-bond acceptors (Lipinski definition) is 2. The Hall–Kier alpha value is -3.18. The van der Waals surface area contributed by atoms with Gasteiger partial charge >= 0.3 is 0 Å². The van der Waals surface area contributed by atoms with Crippen molar-refractivity contribution in [1.82, 2.24) is 4.90 Å². The summed E-state index contributed by atoms with van der Waals surface area (Å²) in [6, 6.07) is 22.2. The molecule has 0 radical (unpaired) electrons. The summed E-state index contributed by atoms with van der Waals surface area (Å²) in [5.74, 6) is -0.251. The molecule has 0 aliphatic heterocycles. The average Bonchev–Trinajstić information content (AvgIpc) is 2.69. The van der Waals surface area contributed by atoms with Gasteiger partial charge in [-0.2, -0.15) is 0 Å². The van der Waals surface area contributed by atoms with Crippen LogP contribution in [0.15, 0.2) is 66.7 Å². The number of nitrogens with one attached hydrogen (secondary N) is 2. The highest BCUT2D eigenvalue weighted by atomic mass is 16.2. The molecule has 5 heteroatoms. The first-order valence-corrected chi connectivity index (χ1v) is 9.80. The van der Waals surface area contributed by atoms with Crippen LogP contribution in [0.5, 0.6) is 0 Å². The highest BCUT2D eigenvalue weighted by molar-refractivity contribution is 5.94. The fourth-order valence-electron chi connectivity index (χ4n) is 3.29. The van der Waals surface area contributed by atoms with Crippen molar-refractivity contribution in [3.05, 3.63) is 77.9 Å². The largest absolute Gasteiger partial charge is 0.332 e. The number of carbonyl (C=O) groups is 2. The molecule has 0 spiro atoms. The van der Waals surface area contributed by atoms with Crippen molar-refractivity contribution in [1.29, 1.82) is 0 Å². The van der Waals surface area contributed by atoms with Gasteiger partial charge in [0.05, 0.1) is 13.6 Å². The number of quaternary nitrogens is 1. The number of rotatable bonds is 7. The summed E-state index contributed by atoms with van der Waals surface area (Å²) in [5, 5.41) is 5.24. The molecule has 0 heterocycles. The van der Waals surface area contributed by atoms with Crippen molar-refractivity contribution in [3.63, 3.8) is 0 Å².